The van der Waals surface area contributed by atoms with Crippen molar-refractivity contribution >= 4 is 40.5 Å². The van der Waals surface area contributed by atoms with Gasteiger partial charge in [0.15, 0.2) is 0 Å². The number of rotatable bonds is 1. The molecule has 0 aromatic rings. The molecule has 0 aromatic heterocycles. The van der Waals surface area contributed by atoms with Crippen LogP contribution in [0, 0.1) is 0 Å². The van der Waals surface area contributed by atoms with Gasteiger partial charge in [-0.05, 0) is 12.2 Å². The summed E-state index contributed by atoms with van der Waals surface area (Å²) in [5, 5.41) is -1.56. The van der Waals surface area contributed by atoms with Gasteiger partial charge in [-0.25, -0.2) is 0 Å². The van der Waals surface area contributed by atoms with Gasteiger partial charge in [0, 0.05) is 0 Å². The van der Waals surface area contributed by atoms with E-state index in [9.17, 15) is 8.78 Å². The Morgan fingerprint density at radius 2 is 1.71 bits per heavy atom. The predicted molar refractivity (Wildman–Crippen MR) is 29.3 cm³/mol. The molecule has 0 aliphatic heterocycles. The van der Waals surface area contributed by atoms with Crippen molar-refractivity contribution in [3.05, 3.63) is 0 Å². The molecule has 0 spiro atoms. The van der Waals surface area contributed by atoms with E-state index in [2.05, 4.69) is 35.4 Å². The minimum absolute atomic E-state index is 1.56. The fourth-order valence-corrected chi connectivity index (χ4v) is 0. The third kappa shape index (κ3) is 3.14. The van der Waals surface area contributed by atoms with Crippen LogP contribution in [0.5, 0.6) is 0 Å². The molecule has 0 unspecified atom stereocenters. The zero-order chi connectivity index (χ0) is 6.08. The molecule has 0 aliphatic carbocycles. The lowest BCUT2D eigenvalue weighted by Crippen LogP contribution is -2.11. The maximum Gasteiger partial charge on any atom is 0.319 e. The second kappa shape index (κ2) is 2.20. The lowest BCUT2D eigenvalue weighted by Gasteiger charge is -1.99. The highest BCUT2D eigenvalue weighted by molar-refractivity contribution is 7.80. The van der Waals surface area contributed by atoms with E-state index in [1.54, 1.807) is 0 Å². The first-order valence-corrected chi connectivity index (χ1v) is 2.37. The van der Waals surface area contributed by atoms with Crippen molar-refractivity contribution in [1.29, 1.82) is 0 Å². The topological polar surface area (TPSA) is 0 Å². The van der Waals surface area contributed by atoms with Crippen molar-refractivity contribution < 1.29 is 8.78 Å². The molecule has 0 aromatic carbocycles. The SMILES string of the molecule is FC(=S)C(F)(Cl)Cl. The quantitative estimate of drug-likeness (QED) is 0.326. The van der Waals surface area contributed by atoms with Gasteiger partial charge in [-0.15, -0.1) is 0 Å². The van der Waals surface area contributed by atoms with E-state index >= 15 is 0 Å². The average Bonchev–Trinajstić information content (AvgIpc) is 1.31. The number of alkyl halides is 3. The van der Waals surface area contributed by atoms with Crippen molar-refractivity contribution in [2.45, 2.75) is 4.59 Å². The monoisotopic (exact) mass is 164 g/mol. The third-order valence-corrected chi connectivity index (χ3v) is 1.06. The second-order valence-electron chi connectivity index (χ2n) is 0.771. The Hall–Kier alpha value is 0.530. The second-order valence-corrected chi connectivity index (χ2v) is 2.36. The Morgan fingerprint density at radius 1 is 1.57 bits per heavy atom. The van der Waals surface area contributed by atoms with Gasteiger partial charge in [-0.2, -0.15) is 8.78 Å². The maximum atomic E-state index is 11.5. The van der Waals surface area contributed by atoms with E-state index in [1.165, 1.54) is 0 Å². The zero-order valence-corrected chi connectivity index (χ0v) is 5.25. The van der Waals surface area contributed by atoms with Crippen molar-refractivity contribution in [3.63, 3.8) is 0 Å². The van der Waals surface area contributed by atoms with Crippen molar-refractivity contribution in [2.75, 3.05) is 0 Å². The summed E-state index contributed by atoms with van der Waals surface area (Å²) in [5.74, 6) is 0. The molecule has 0 amide bonds. The molecule has 0 N–H and O–H groups in total. The van der Waals surface area contributed by atoms with Crippen molar-refractivity contribution in [1.82, 2.24) is 0 Å². The first kappa shape index (κ1) is 7.53. The van der Waals surface area contributed by atoms with Crippen LogP contribution in [0.4, 0.5) is 8.78 Å². The van der Waals surface area contributed by atoms with Crippen LogP contribution in [0.3, 0.4) is 0 Å². The fourth-order valence-electron chi connectivity index (χ4n) is 0. The maximum absolute atomic E-state index is 11.5. The molecule has 0 rings (SSSR count). The number of hydrogen-bond donors (Lipinski definition) is 0. The number of thiocarbonyl (C=S) groups is 1. The van der Waals surface area contributed by atoms with Gasteiger partial charge in [-0.3, -0.25) is 0 Å². The average molecular weight is 165 g/mol. The van der Waals surface area contributed by atoms with Crippen LogP contribution >= 0.6 is 35.4 Å². The summed E-state index contributed by atoms with van der Waals surface area (Å²) in [4.78, 5) is 0. The summed E-state index contributed by atoms with van der Waals surface area (Å²) in [5.41, 5.74) is 0. The lowest BCUT2D eigenvalue weighted by atomic mass is 10.8. The zero-order valence-electron chi connectivity index (χ0n) is 2.92. The Bertz CT molecular complexity index is 86.2. The molecule has 0 saturated heterocycles. The lowest BCUT2D eigenvalue weighted by molar-refractivity contribution is 0.465. The number of halogens is 4. The van der Waals surface area contributed by atoms with Crippen LogP contribution in [0.15, 0.2) is 0 Å². The molecule has 0 aliphatic rings. The third-order valence-electron chi connectivity index (χ3n) is 0.223. The van der Waals surface area contributed by atoms with Gasteiger partial charge < -0.3 is 0 Å². The molecule has 42 valence electrons. The van der Waals surface area contributed by atoms with E-state index in [1.807, 2.05) is 0 Å². The first-order valence-electron chi connectivity index (χ1n) is 1.21. The minimum Gasteiger partial charge on any atom is -0.199 e. The van der Waals surface area contributed by atoms with Crippen molar-refractivity contribution in [3.8, 4) is 0 Å². The largest absolute Gasteiger partial charge is 0.319 e. The smallest absolute Gasteiger partial charge is 0.199 e. The van der Waals surface area contributed by atoms with Gasteiger partial charge >= 0.3 is 4.59 Å². The fraction of sp³-hybridized carbons (Fsp3) is 0.500. The summed E-state index contributed by atoms with van der Waals surface area (Å²) >= 11 is 12.5. The standard InChI is InChI=1S/C2Cl2F2S/c3-2(4,6)1(5)7. The van der Waals surface area contributed by atoms with Gasteiger partial charge in [0.05, 0.1) is 0 Å². The summed E-state index contributed by atoms with van der Waals surface area (Å²) in [6.07, 6.45) is 0. The molecular formula is C2Cl2F2S. The Kier molecular flexibility index (Phi) is 2.37. The van der Waals surface area contributed by atoms with Gasteiger partial charge in [-0.1, -0.05) is 23.2 Å². The molecule has 0 bridgehead atoms. The molecule has 5 heteroatoms. The van der Waals surface area contributed by atoms with Crippen LogP contribution in [0.2, 0.25) is 0 Å². The van der Waals surface area contributed by atoms with E-state index in [4.69, 9.17) is 0 Å². The van der Waals surface area contributed by atoms with Crippen LogP contribution < -0.4 is 0 Å². The summed E-state index contributed by atoms with van der Waals surface area (Å²) in [6.45, 7) is 0. The summed E-state index contributed by atoms with van der Waals surface area (Å²) < 4.78 is 19.8. The van der Waals surface area contributed by atoms with E-state index in [-0.39, 0.29) is 0 Å². The molecule has 0 heterocycles. The first-order chi connectivity index (χ1) is 2.94. The molecule has 0 radical (unpaired) electrons. The highest BCUT2D eigenvalue weighted by atomic mass is 35.5. The summed E-state index contributed by atoms with van der Waals surface area (Å²) in [7, 11) is 0. The highest BCUT2D eigenvalue weighted by Crippen LogP contribution is 2.24. The highest BCUT2D eigenvalue weighted by Gasteiger charge is 2.28. The van der Waals surface area contributed by atoms with Crippen LogP contribution in [0.1, 0.15) is 0 Å². The van der Waals surface area contributed by atoms with Crippen LogP contribution in [-0.2, 0) is 0 Å². The van der Waals surface area contributed by atoms with Gasteiger partial charge in [0.1, 0.15) is 0 Å². The van der Waals surface area contributed by atoms with Crippen molar-refractivity contribution in [2.24, 2.45) is 0 Å². The van der Waals surface area contributed by atoms with E-state index < -0.39 is 9.71 Å². The Labute approximate surface area is 54.4 Å². The Morgan fingerprint density at radius 3 is 1.71 bits per heavy atom. The minimum atomic E-state index is -2.99. The van der Waals surface area contributed by atoms with E-state index in [0.29, 0.717) is 0 Å². The molecule has 0 atom stereocenters. The molecule has 0 fully saturated rings. The van der Waals surface area contributed by atoms with Gasteiger partial charge in [0.25, 0.3) is 0 Å². The Balaban J connectivity index is 3.79. The van der Waals surface area contributed by atoms with E-state index in [0.717, 1.165) is 0 Å². The molecule has 0 nitrogen and oxygen atoms in total. The summed E-state index contributed by atoms with van der Waals surface area (Å²) in [6, 6.07) is 0. The molecule has 0 saturated carbocycles. The van der Waals surface area contributed by atoms with Crippen LogP contribution in [0.25, 0.3) is 0 Å². The molecule has 7 heavy (non-hydrogen) atoms. The van der Waals surface area contributed by atoms with Crippen LogP contribution in [-0.4, -0.2) is 9.71 Å². The molecular weight excluding hydrogens is 165 g/mol. The number of hydrogen-bond acceptors (Lipinski definition) is 1. The normalized spacial score (nSPS) is 11.4. The van der Waals surface area contributed by atoms with Gasteiger partial charge in [0.2, 0.25) is 5.12 Å². The predicted octanol–water partition coefficient (Wildman–Crippen LogP) is 2.38.